The minimum atomic E-state index is -0.478. The fraction of sp³-hybridized carbons (Fsp3) is 0.500. The molecule has 0 spiro atoms. The molecular formula is C16H22N2O3. The van der Waals surface area contributed by atoms with Crippen molar-refractivity contribution < 1.29 is 14.3 Å². The molecule has 5 nitrogen and oxygen atoms in total. The number of primary amides is 1. The Labute approximate surface area is 125 Å². The molecule has 2 rings (SSSR count). The van der Waals surface area contributed by atoms with Crippen molar-refractivity contribution in [3.8, 4) is 5.75 Å². The Morgan fingerprint density at radius 2 is 1.76 bits per heavy atom. The lowest BCUT2D eigenvalue weighted by atomic mass is 9.97. The first-order valence-electron chi connectivity index (χ1n) is 7.33. The molecule has 21 heavy (non-hydrogen) atoms. The molecule has 5 heteroatoms. The molecule has 0 bridgehead atoms. The van der Waals surface area contributed by atoms with Crippen LogP contribution in [0.3, 0.4) is 0 Å². The Morgan fingerprint density at radius 3 is 2.29 bits per heavy atom. The van der Waals surface area contributed by atoms with Crippen LogP contribution in [0.2, 0.25) is 0 Å². The summed E-state index contributed by atoms with van der Waals surface area (Å²) in [6, 6.07) is 7.01. The lowest BCUT2D eigenvalue weighted by molar-refractivity contribution is -0.139. The maximum absolute atomic E-state index is 12.3. The molecule has 2 atom stereocenters. The van der Waals surface area contributed by atoms with E-state index < -0.39 is 5.91 Å². The van der Waals surface area contributed by atoms with Crippen LogP contribution >= 0.6 is 0 Å². The first-order valence-corrected chi connectivity index (χ1v) is 7.33. The van der Waals surface area contributed by atoms with Gasteiger partial charge in [-0.3, -0.25) is 9.59 Å². The zero-order valence-corrected chi connectivity index (χ0v) is 12.5. The van der Waals surface area contributed by atoms with E-state index in [4.69, 9.17) is 10.5 Å². The van der Waals surface area contributed by atoms with E-state index in [1.54, 1.807) is 24.3 Å². The van der Waals surface area contributed by atoms with E-state index in [2.05, 4.69) is 13.8 Å². The van der Waals surface area contributed by atoms with Gasteiger partial charge < -0.3 is 15.4 Å². The Balaban J connectivity index is 1.92. The molecule has 1 fully saturated rings. The van der Waals surface area contributed by atoms with Crippen LogP contribution in [-0.2, 0) is 4.79 Å². The number of amides is 2. The highest BCUT2D eigenvalue weighted by Gasteiger charge is 2.28. The molecule has 2 unspecified atom stereocenters. The highest BCUT2D eigenvalue weighted by atomic mass is 16.5. The summed E-state index contributed by atoms with van der Waals surface area (Å²) in [6.45, 7) is 4.18. The Kier molecular flexibility index (Phi) is 4.83. The summed E-state index contributed by atoms with van der Waals surface area (Å²) >= 11 is 0. The highest BCUT2D eigenvalue weighted by Crippen LogP contribution is 2.22. The van der Waals surface area contributed by atoms with Crippen LogP contribution < -0.4 is 10.5 Å². The van der Waals surface area contributed by atoms with E-state index in [1.165, 1.54) is 6.42 Å². The smallest absolute Gasteiger partial charge is 0.260 e. The number of nitrogens with zero attached hydrogens (tertiary/aromatic N) is 1. The van der Waals surface area contributed by atoms with Gasteiger partial charge in [-0.05, 0) is 57.4 Å². The zero-order chi connectivity index (χ0) is 15.4. The van der Waals surface area contributed by atoms with Crippen molar-refractivity contribution in [1.29, 1.82) is 0 Å². The second-order valence-corrected chi connectivity index (χ2v) is 5.61. The number of hydrogen-bond acceptors (Lipinski definition) is 3. The number of nitrogens with two attached hydrogens (primary N) is 1. The second kappa shape index (κ2) is 6.61. The summed E-state index contributed by atoms with van der Waals surface area (Å²) in [6.07, 6.45) is 3.26. The molecule has 0 radical (unpaired) electrons. The van der Waals surface area contributed by atoms with Gasteiger partial charge in [0.1, 0.15) is 5.75 Å². The van der Waals surface area contributed by atoms with Crippen LogP contribution in [0.5, 0.6) is 5.75 Å². The summed E-state index contributed by atoms with van der Waals surface area (Å²) in [5.41, 5.74) is 5.60. The largest absolute Gasteiger partial charge is 0.484 e. The van der Waals surface area contributed by atoms with Crippen LogP contribution in [0.4, 0.5) is 0 Å². The van der Waals surface area contributed by atoms with Crippen LogP contribution in [-0.4, -0.2) is 35.4 Å². The molecule has 114 valence electrons. The van der Waals surface area contributed by atoms with Gasteiger partial charge in [0.05, 0.1) is 0 Å². The normalized spacial score (nSPS) is 21.9. The number of benzene rings is 1. The zero-order valence-electron chi connectivity index (χ0n) is 12.5. The van der Waals surface area contributed by atoms with Gasteiger partial charge in [-0.25, -0.2) is 0 Å². The third-order valence-electron chi connectivity index (χ3n) is 3.98. The van der Waals surface area contributed by atoms with Crippen LogP contribution in [0.15, 0.2) is 24.3 Å². The SMILES string of the molecule is CC1CCCC(C)N1C(=O)COc1ccc(C(N)=O)cc1. The van der Waals surface area contributed by atoms with Gasteiger partial charge in [0.15, 0.2) is 6.61 Å². The molecule has 0 aromatic heterocycles. The number of rotatable bonds is 4. The van der Waals surface area contributed by atoms with Crippen molar-refractivity contribution in [1.82, 2.24) is 4.90 Å². The number of ether oxygens (including phenoxy) is 1. The van der Waals surface area contributed by atoms with Crippen LogP contribution in [0, 0.1) is 0 Å². The van der Waals surface area contributed by atoms with Crippen molar-refractivity contribution in [2.75, 3.05) is 6.61 Å². The van der Waals surface area contributed by atoms with E-state index in [9.17, 15) is 9.59 Å². The van der Waals surface area contributed by atoms with Crippen molar-refractivity contribution in [3.63, 3.8) is 0 Å². The van der Waals surface area contributed by atoms with E-state index in [0.717, 1.165) is 12.8 Å². The summed E-state index contributed by atoms with van der Waals surface area (Å²) in [7, 11) is 0. The maximum Gasteiger partial charge on any atom is 0.260 e. The predicted molar refractivity (Wildman–Crippen MR) is 80.1 cm³/mol. The maximum atomic E-state index is 12.3. The van der Waals surface area contributed by atoms with Gasteiger partial charge >= 0.3 is 0 Å². The van der Waals surface area contributed by atoms with Crippen LogP contribution in [0.1, 0.15) is 43.5 Å². The molecule has 1 aliphatic rings. The molecule has 0 saturated carbocycles. The summed E-state index contributed by atoms with van der Waals surface area (Å²) in [5.74, 6) is 0.0907. The molecule has 1 aromatic carbocycles. The predicted octanol–water partition coefficient (Wildman–Crippen LogP) is 1.95. The summed E-state index contributed by atoms with van der Waals surface area (Å²) in [4.78, 5) is 25.2. The Hall–Kier alpha value is -2.04. The molecule has 1 saturated heterocycles. The van der Waals surface area contributed by atoms with Gasteiger partial charge in [0.2, 0.25) is 5.91 Å². The van der Waals surface area contributed by atoms with Crippen LogP contribution in [0.25, 0.3) is 0 Å². The average molecular weight is 290 g/mol. The van der Waals surface area contributed by atoms with Crippen molar-refractivity contribution in [2.24, 2.45) is 5.73 Å². The molecule has 1 aliphatic heterocycles. The van der Waals surface area contributed by atoms with Crippen molar-refractivity contribution >= 4 is 11.8 Å². The van der Waals surface area contributed by atoms with E-state index >= 15 is 0 Å². The van der Waals surface area contributed by atoms with Gasteiger partial charge in [-0.1, -0.05) is 0 Å². The molecule has 1 aromatic rings. The molecule has 1 heterocycles. The lowest BCUT2D eigenvalue weighted by Gasteiger charge is -2.38. The Bertz CT molecular complexity index is 503. The first kappa shape index (κ1) is 15.4. The summed E-state index contributed by atoms with van der Waals surface area (Å²) < 4.78 is 5.51. The number of piperidine rings is 1. The quantitative estimate of drug-likeness (QED) is 0.921. The average Bonchev–Trinajstić information content (AvgIpc) is 2.45. The molecule has 2 amide bonds. The standard InChI is InChI=1S/C16H22N2O3/c1-11-4-3-5-12(2)18(11)15(19)10-21-14-8-6-13(7-9-14)16(17)20/h6-9,11-12H,3-5,10H2,1-2H3,(H2,17,20). The number of carbonyl (C=O) groups excluding carboxylic acids is 2. The minimum Gasteiger partial charge on any atom is -0.484 e. The van der Waals surface area contributed by atoms with Crippen molar-refractivity contribution in [2.45, 2.75) is 45.2 Å². The third kappa shape index (κ3) is 3.74. The van der Waals surface area contributed by atoms with E-state index in [1.807, 2.05) is 4.90 Å². The number of hydrogen-bond donors (Lipinski definition) is 1. The summed E-state index contributed by atoms with van der Waals surface area (Å²) in [5, 5.41) is 0. The monoisotopic (exact) mass is 290 g/mol. The third-order valence-corrected chi connectivity index (χ3v) is 3.98. The first-order chi connectivity index (χ1) is 9.99. The van der Waals surface area contributed by atoms with E-state index in [0.29, 0.717) is 11.3 Å². The van der Waals surface area contributed by atoms with Gasteiger partial charge in [0.25, 0.3) is 5.91 Å². The topological polar surface area (TPSA) is 72.6 Å². The number of likely N-dealkylation sites (tertiary alicyclic amines) is 1. The fourth-order valence-electron chi connectivity index (χ4n) is 2.85. The lowest BCUT2D eigenvalue weighted by Crippen LogP contribution is -2.49. The number of carbonyl (C=O) groups is 2. The second-order valence-electron chi connectivity index (χ2n) is 5.61. The molecule has 0 aliphatic carbocycles. The van der Waals surface area contributed by atoms with E-state index in [-0.39, 0.29) is 24.6 Å². The highest BCUT2D eigenvalue weighted by molar-refractivity contribution is 5.92. The van der Waals surface area contributed by atoms with Gasteiger partial charge in [0, 0.05) is 17.6 Å². The minimum absolute atomic E-state index is 0.00803. The Morgan fingerprint density at radius 1 is 1.19 bits per heavy atom. The fourth-order valence-corrected chi connectivity index (χ4v) is 2.85. The van der Waals surface area contributed by atoms with Crippen molar-refractivity contribution in [3.05, 3.63) is 29.8 Å². The van der Waals surface area contributed by atoms with Gasteiger partial charge in [-0.15, -0.1) is 0 Å². The molecular weight excluding hydrogens is 268 g/mol. The molecule has 2 N–H and O–H groups in total. The van der Waals surface area contributed by atoms with Gasteiger partial charge in [-0.2, -0.15) is 0 Å².